The fourth-order valence-corrected chi connectivity index (χ4v) is 2.23. The maximum Gasteiger partial charge on any atom is 0.0577 e. The minimum Gasteiger partial charge on any atom is -0.306 e. The fraction of sp³-hybridized carbons (Fsp3) is 0.421. The van der Waals surface area contributed by atoms with Crippen LogP contribution in [0.3, 0.4) is 0 Å². The normalized spacial score (nSPS) is 14.7. The van der Waals surface area contributed by atoms with Crippen LogP contribution in [0.1, 0.15) is 44.9 Å². The predicted molar refractivity (Wildman–Crippen MR) is 89.1 cm³/mol. The van der Waals surface area contributed by atoms with Gasteiger partial charge in [-0.05, 0) is 41.1 Å². The van der Waals surface area contributed by atoms with Crippen LogP contribution in [-0.4, -0.2) is 11.5 Å². The zero-order valence-electron chi connectivity index (χ0n) is 13.5. The number of hydrogen-bond donors (Lipinski definition) is 1. The molecule has 0 radical (unpaired) electrons. The van der Waals surface area contributed by atoms with Crippen LogP contribution in [0.25, 0.3) is 0 Å². The quantitative estimate of drug-likeness (QED) is 0.876. The van der Waals surface area contributed by atoms with Crippen LogP contribution in [0.2, 0.25) is 0 Å². The average molecular weight is 282 g/mol. The summed E-state index contributed by atoms with van der Waals surface area (Å²) in [6.07, 6.45) is 3.72. The average Bonchev–Trinajstić information content (AvgIpc) is 2.48. The second kappa shape index (κ2) is 6.86. The van der Waals surface area contributed by atoms with Gasteiger partial charge in [0, 0.05) is 12.4 Å². The minimum absolute atomic E-state index is 0.221. The molecule has 2 atom stereocenters. The van der Waals surface area contributed by atoms with Gasteiger partial charge in [0.2, 0.25) is 0 Å². The molecule has 2 nitrogen and oxygen atoms in total. The van der Waals surface area contributed by atoms with E-state index in [0.717, 1.165) is 6.54 Å². The van der Waals surface area contributed by atoms with Crippen molar-refractivity contribution in [1.82, 2.24) is 10.3 Å². The lowest BCUT2D eigenvalue weighted by atomic mass is 9.82. The van der Waals surface area contributed by atoms with Crippen molar-refractivity contribution in [2.24, 2.45) is 11.3 Å². The van der Waals surface area contributed by atoms with Gasteiger partial charge in [-0.15, -0.1) is 0 Å². The van der Waals surface area contributed by atoms with Crippen molar-refractivity contribution in [2.45, 2.75) is 33.7 Å². The van der Waals surface area contributed by atoms with Crippen molar-refractivity contribution in [3.8, 4) is 0 Å². The van der Waals surface area contributed by atoms with Gasteiger partial charge in [0.05, 0.1) is 6.04 Å². The molecule has 1 aromatic carbocycles. The molecular formula is C19H26N2. The molecule has 21 heavy (non-hydrogen) atoms. The zero-order chi connectivity index (χ0) is 15.3. The van der Waals surface area contributed by atoms with E-state index in [4.69, 9.17) is 0 Å². The van der Waals surface area contributed by atoms with E-state index in [9.17, 15) is 0 Å². The first-order chi connectivity index (χ1) is 9.98. The summed E-state index contributed by atoms with van der Waals surface area (Å²) in [4.78, 5) is 4.13. The van der Waals surface area contributed by atoms with Crippen molar-refractivity contribution in [3.63, 3.8) is 0 Å². The van der Waals surface area contributed by atoms with E-state index < -0.39 is 0 Å². The lowest BCUT2D eigenvalue weighted by Crippen LogP contribution is -2.32. The predicted octanol–water partition coefficient (Wildman–Crippen LogP) is 4.44. The molecule has 2 unspecified atom stereocenters. The van der Waals surface area contributed by atoms with E-state index in [2.05, 4.69) is 80.5 Å². The third kappa shape index (κ3) is 4.40. The number of pyridine rings is 1. The lowest BCUT2D eigenvalue weighted by Gasteiger charge is -2.30. The van der Waals surface area contributed by atoms with Gasteiger partial charge in [-0.2, -0.15) is 0 Å². The number of nitrogens with zero attached hydrogens (tertiary/aromatic N) is 1. The SMILES string of the molecule is CC(CNC(c1ccccc1)c1ccncc1)C(C)(C)C. The third-order valence-corrected chi connectivity index (χ3v) is 4.28. The second-order valence-electron chi connectivity index (χ2n) is 6.80. The second-order valence-corrected chi connectivity index (χ2v) is 6.80. The Hall–Kier alpha value is -1.67. The van der Waals surface area contributed by atoms with Gasteiger partial charge < -0.3 is 5.32 Å². The molecule has 2 rings (SSSR count). The van der Waals surface area contributed by atoms with Gasteiger partial charge in [0.25, 0.3) is 0 Å². The standard InChI is InChI=1S/C19H26N2/c1-15(19(2,3)4)14-21-18(16-8-6-5-7-9-16)17-10-12-20-13-11-17/h5-13,15,18,21H,14H2,1-4H3. The van der Waals surface area contributed by atoms with E-state index in [-0.39, 0.29) is 6.04 Å². The van der Waals surface area contributed by atoms with E-state index in [1.54, 1.807) is 0 Å². The number of aromatic nitrogens is 1. The van der Waals surface area contributed by atoms with E-state index >= 15 is 0 Å². The van der Waals surface area contributed by atoms with E-state index in [1.165, 1.54) is 11.1 Å². The first kappa shape index (κ1) is 15.7. The highest BCUT2D eigenvalue weighted by atomic mass is 14.9. The molecule has 1 aromatic heterocycles. The Kier molecular flexibility index (Phi) is 5.13. The highest BCUT2D eigenvalue weighted by Gasteiger charge is 2.22. The molecule has 0 spiro atoms. The molecule has 0 aliphatic carbocycles. The van der Waals surface area contributed by atoms with Crippen LogP contribution in [0.4, 0.5) is 0 Å². The molecule has 0 saturated carbocycles. The van der Waals surface area contributed by atoms with Gasteiger partial charge in [0.1, 0.15) is 0 Å². The number of benzene rings is 1. The summed E-state index contributed by atoms with van der Waals surface area (Å²) < 4.78 is 0. The molecule has 0 amide bonds. The molecule has 0 saturated heterocycles. The highest BCUT2D eigenvalue weighted by Crippen LogP contribution is 2.27. The number of rotatable bonds is 5. The maximum absolute atomic E-state index is 4.13. The summed E-state index contributed by atoms with van der Waals surface area (Å²) in [5, 5.41) is 3.73. The Morgan fingerprint density at radius 2 is 1.52 bits per heavy atom. The molecule has 2 aromatic rings. The third-order valence-electron chi connectivity index (χ3n) is 4.28. The van der Waals surface area contributed by atoms with Gasteiger partial charge >= 0.3 is 0 Å². The summed E-state index contributed by atoms with van der Waals surface area (Å²) in [6.45, 7) is 10.2. The highest BCUT2D eigenvalue weighted by molar-refractivity contribution is 5.30. The van der Waals surface area contributed by atoms with Crippen LogP contribution in [-0.2, 0) is 0 Å². The van der Waals surface area contributed by atoms with Crippen molar-refractivity contribution < 1.29 is 0 Å². The van der Waals surface area contributed by atoms with Crippen LogP contribution >= 0.6 is 0 Å². The van der Waals surface area contributed by atoms with Crippen LogP contribution in [0, 0.1) is 11.3 Å². The maximum atomic E-state index is 4.13. The largest absolute Gasteiger partial charge is 0.306 e. The first-order valence-electron chi connectivity index (χ1n) is 7.66. The molecule has 1 N–H and O–H groups in total. The van der Waals surface area contributed by atoms with Crippen molar-refractivity contribution in [2.75, 3.05) is 6.54 Å². The molecule has 0 bridgehead atoms. The summed E-state index contributed by atoms with van der Waals surface area (Å²) in [7, 11) is 0. The Morgan fingerprint density at radius 1 is 0.952 bits per heavy atom. The monoisotopic (exact) mass is 282 g/mol. The Balaban J connectivity index is 2.18. The molecule has 0 aliphatic heterocycles. The summed E-state index contributed by atoms with van der Waals surface area (Å²) in [5.74, 6) is 0.602. The first-order valence-corrected chi connectivity index (χ1v) is 7.66. The van der Waals surface area contributed by atoms with Gasteiger partial charge in [-0.25, -0.2) is 0 Å². The Morgan fingerprint density at radius 3 is 2.10 bits per heavy atom. The van der Waals surface area contributed by atoms with Crippen molar-refractivity contribution >= 4 is 0 Å². The van der Waals surface area contributed by atoms with Crippen molar-refractivity contribution in [1.29, 1.82) is 0 Å². The van der Waals surface area contributed by atoms with Gasteiger partial charge in [0.15, 0.2) is 0 Å². The Labute approximate surface area is 128 Å². The smallest absolute Gasteiger partial charge is 0.0577 e. The topological polar surface area (TPSA) is 24.9 Å². The lowest BCUT2D eigenvalue weighted by molar-refractivity contribution is 0.248. The summed E-state index contributed by atoms with van der Waals surface area (Å²) >= 11 is 0. The van der Waals surface area contributed by atoms with Gasteiger partial charge in [-0.3, -0.25) is 4.98 Å². The molecule has 2 heteroatoms. The molecule has 112 valence electrons. The Bertz CT molecular complexity index is 489. The number of hydrogen-bond acceptors (Lipinski definition) is 2. The fourth-order valence-electron chi connectivity index (χ4n) is 2.23. The van der Waals surface area contributed by atoms with Crippen molar-refractivity contribution in [3.05, 3.63) is 66.0 Å². The zero-order valence-corrected chi connectivity index (χ0v) is 13.5. The van der Waals surface area contributed by atoms with Crippen LogP contribution in [0.15, 0.2) is 54.9 Å². The molecule has 1 heterocycles. The van der Waals surface area contributed by atoms with Gasteiger partial charge in [-0.1, -0.05) is 58.0 Å². The minimum atomic E-state index is 0.221. The van der Waals surface area contributed by atoms with Crippen LogP contribution in [0.5, 0.6) is 0 Å². The molecule has 0 fully saturated rings. The van der Waals surface area contributed by atoms with Crippen LogP contribution < -0.4 is 5.32 Å². The van der Waals surface area contributed by atoms with E-state index in [0.29, 0.717) is 11.3 Å². The molecule has 0 aliphatic rings. The number of nitrogens with one attached hydrogen (secondary N) is 1. The summed E-state index contributed by atoms with van der Waals surface area (Å²) in [5.41, 5.74) is 2.87. The van der Waals surface area contributed by atoms with E-state index in [1.807, 2.05) is 12.4 Å². The molecular weight excluding hydrogens is 256 g/mol. The summed E-state index contributed by atoms with van der Waals surface area (Å²) in [6, 6.07) is 15.0.